The molecule has 3 aromatic rings. The van der Waals surface area contributed by atoms with Crippen molar-refractivity contribution in [3.8, 4) is 0 Å². The molecule has 2 heterocycles. The average Bonchev–Trinajstić information content (AvgIpc) is 3.04. The van der Waals surface area contributed by atoms with Crippen LogP contribution in [0, 0.1) is 0 Å². The van der Waals surface area contributed by atoms with Gasteiger partial charge < -0.3 is 4.90 Å². The summed E-state index contributed by atoms with van der Waals surface area (Å²) in [7, 11) is 0. The van der Waals surface area contributed by atoms with Crippen molar-refractivity contribution in [2.24, 2.45) is 0 Å². The lowest BCUT2D eigenvalue weighted by Gasteiger charge is -2.32. The second-order valence-corrected chi connectivity index (χ2v) is 6.23. The first-order valence-corrected chi connectivity index (χ1v) is 8.41. The number of imidazole rings is 1. The molecule has 0 spiro atoms. The minimum absolute atomic E-state index is 0.0957. The maximum Gasteiger partial charge on any atom is 0.241 e. The molecule has 130 valence electrons. The van der Waals surface area contributed by atoms with Crippen LogP contribution in [0.15, 0.2) is 61.1 Å². The minimum Gasteiger partial charge on any atom is -0.311 e. The van der Waals surface area contributed by atoms with Crippen molar-refractivity contribution in [2.75, 3.05) is 5.43 Å². The van der Waals surface area contributed by atoms with E-state index < -0.39 is 0 Å². The van der Waals surface area contributed by atoms with E-state index in [2.05, 4.69) is 10.4 Å². The minimum atomic E-state index is -0.330. The van der Waals surface area contributed by atoms with E-state index in [0.29, 0.717) is 0 Å². The van der Waals surface area contributed by atoms with Crippen molar-refractivity contribution in [2.45, 2.75) is 19.4 Å². The zero-order chi connectivity index (χ0) is 18.1. The van der Waals surface area contributed by atoms with E-state index in [-0.39, 0.29) is 24.3 Å². The number of hydrogen-bond donors (Lipinski definition) is 1. The van der Waals surface area contributed by atoms with Crippen molar-refractivity contribution in [1.82, 2.24) is 14.6 Å². The number of carbonyl (C=O) groups is 2. The number of aromatic nitrogens is 2. The molecular weight excluding hydrogens is 328 g/mol. The van der Waals surface area contributed by atoms with Gasteiger partial charge in [0.25, 0.3) is 0 Å². The van der Waals surface area contributed by atoms with Gasteiger partial charge in [0.05, 0.1) is 23.5 Å². The van der Waals surface area contributed by atoms with Gasteiger partial charge in [0, 0.05) is 13.1 Å². The predicted molar refractivity (Wildman–Crippen MR) is 99.5 cm³/mol. The summed E-state index contributed by atoms with van der Waals surface area (Å²) in [5, 5.41) is 0. The van der Waals surface area contributed by atoms with Crippen molar-refractivity contribution in [1.29, 1.82) is 0 Å². The first kappa shape index (κ1) is 16.1. The molecule has 26 heavy (non-hydrogen) atoms. The predicted octanol–water partition coefficient (Wildman–Crippen LogP) is 3.07. The topological polar surface area (TPSA) is 67.2 Å². The molecule has 0 aliphatic carbocycles. The molecule has 2 amide bonds. The summed E-state index contributed by atoms with van der Waals surface area (Å²) in [4.78, 5) is 30.6. The lowest BCUT2D eigenvalue weighted by Crippen LogP contribution is -2.34. The van der Waals surface area contributed by atoms with Gasteiger partial charge in [-0.2, -0.15) is 0 Å². The Morgan fingerprint density at radius 1 is 1.12 bits per heavy atom. The molecule has 2 aromatic carbocycles. The molecule has 0 radical (unpaired) electrons. The van der Waals surface area contributed by atoms with Gasteiger partial charge in [0.15, 0.2) is 0 Å². The van der Waals surface area contributed by atoms with Crippen LogP contribution >= 0.6 is 0 Å². The molecule has 0 fully saturated rings. The van der Waals surface area contributed by atoms with Crippen LogP contribution in [-0.4, -0.2) is 26.4 Å². The fraction of sp³-hybridized carbons (Fsp3) is 0.150. The van der Waals surface area contributed by atoms with E-state index in [0.717, 1.165) is 22.2 Å². The van der Waals surface area contributed by atoms with Gasteiger partial charge >= 0.3 is 0 Å². The van der Waals surface area contributed by atoms with Gasteiger partial charge in [-0.15, -0.1) is 0 Å². The number of hydrogen-bond acceptors (Lipinski definition) is 3. The van der Waals surface area contributed by atoms with Crippen LogP contribution < -0.4 is 5.43 Å². The molecule has 1 aliphatic rings. The first-order valence-electron chi connectivity index (χ1n) is 8.41. The van der Waals surface area contributed by atoms with Crippen LogP contribution in [0.5, 0.6) is 0 Å². The SMILES string of the molecule is CC(=O)N1C=Cc2ccccc2C1CC(=O)Nn1cnc2ccccc21. The number of nitrogens with one attached hydrogen (secondary N) is 1. The maximum absolute atomic E-state index is 12.7. The van der Waals surface area contributed by atoms with Crippen LogP contribution in [0.3, 0.4) is 0 Å². The molecule has 1 N–H and O–H groups in total. The van der Waals surface area contributed by atoms with E-state index in [1.165, 1.54) is 6.92 Å². The van der Waals surface area contributed by atoms with Gasteiger partial charge in [-0.25, -0.2) is 9.66 Å². The molecule has 0 saturated heterocycles. The Bertz CT molecular complexity index is 1020. The molecule has 4 rings (SSSR count). The standard InChI is InChI=1S/C20H18N4O2/c1-14(25)23-11-10-15-6-2-3-7-16(15)19(23)12-20(26)22-24-13-21-17-8-4-5-9-18(17)24/h2-11,13,19H,12H2,1H3,(H,22,26). The number of benzene rings is 2. The third-order valence-electron chi connectivity index (χ3n) is 4.55. The number of amides is 2. The Kier molecular flexibility index (Phi) is 4.01. The van der Waals surface area contributed by atoms with Crippen LogP contribution in [-0.2, 0) is 9.59 Å². The summed E-state index contributed by atoms with van der Waals surface area (Å²) >= 11 is 0. The van der Waals surface area contributed by atoms with Gasteiger partial charge in [0.1, 0.15) is 6.33 Å². The fourth-order valence-corrected chi connectivity index (χ4v) is 3.32. The summed E-state index contributed by atoms with van der Waals surface area (Å²) in [6.45, 7) is 1.51. The number of rotatable bonds is 3. The summed E-state index contributed by atoms with van der Waals surface area (Å²) in [6, 6.07) is 15.1. The molecule has 1 aliphatic heterocycles. The van der Waals surface area contributed by atoms with Crippen LogP contribution in [0.4, 0.5) is 0 Å². The van der Waals surface area contributed by atoms with Gasteiger partial charge in [-0.3, -0.25) is 15.0 Å². The normalized spacial score (nSPS) is 15.7. The van der Waals surface area contributed by atoms with Gasteiger partial charge in [0.2, 0.25) is 11.8 Å². The molecule has 0 saturated carbocycles. The summed E-state index contributed by atoms with van der Waals surface area (Å²) in [5.41, 5.74) is 6.48. The second-order valence-electron chi connectivity index (χ2n) is 6.23. The summed E-state index contributed by atoms with van der Waals surface area (Å²) in [5.74, 6) is -0.281. The Balaban J connectivity index is 1.59. The largest absolute Gasteiger partial charge is 0.311 e. The fourth-order valence-electron chi connectivity index (χ4n) is 3.32. The van der Waals surface area contributed by atoms with E-state index in [1.807, 2.05) is 54.6 Å². The highest BCUT2D eigenvalue weighted by molar-refractivity contribution is 5.88. The average molecular weight is 346 g/mol. The van der Waals surface area contributed by atoms with E-state index in [1.54, 1.807) is 22.1 Å². The number of fused-ring (bicyclic) bond motifs is 2. The Morgan fingerprint density at radius 3 is 2.73 bits per heavy atom. The Hall–Kier alpha value is -3.41. The number of carbonyl (C=O) groups excluding carboxylic acids is 2. The molecule has 1 aromatic heterocycles. The summed E-state index contributed by atoms with van der Waals surface area (Å²) in [6.07, 6.45) is 5.39. The highest BCUT2D eigenvalue weighted by Gasteiger charge is 2.28. The first-order chi connectivity index (χ1) is 12.6. The summed E-state index contributed by atoms with van der Waals surface area (Å²) < 4.78 is 1.61. The van der Waals surface area contributed by atoms with E-state index in [9.17, 15) is 9.59 Å². The monoisotopic (exact) mass is 346 g/mol. The maximum atomic E-state index is 12.7. The Labute approximate surface area is 150 Å². The lowest BCUT2D eigenvalue weighted by molar-refractivity contribution is -0.129. The Morgan fingerprint density at radius 2 is 1.88 bits per heavy atom. The van der Waals surface area contributed by atoms with E-state index in [4.69, 9.17) is 0 Å². The molecule has 0 bridgehead atoms. The zero-order valence-electron chi connectivity index (χ0n) is 14.3. The van der Waals surface area contributed by atoms with Crippen LogP contribution in [0.2, 0.25) is 0 Å². The van der Waals surface area contributed by atoms with Crippen molar-refractivity contribution in [3.05, 3.63) is 72.2 Å². The van der Waals surface area contributed by atoms with Crippen molar-refractivity contribution < 1.29 is 9.59 Å². The zero-order valence-corrected chi connectivity index (χ0v) is 14.3. The van der Waals surface area contributed by atoms with Crippen LogP contribution in [0.25, 0.3) is 17.1 Å². The van der Waals surface area contributed by atoms with Crippen LogP contribution in [0.1, 0.15) is 30.5 Å². The quantitative estimate of drug-likeness (QED) is 0.792. The van der Waals surface area contributed by atoms with Crippen molar-refractivity contribution >= 4 is 28.9 Å². The third-order valence-corrected chi connectivity index (χ3v) is 4.55. The highest BCUT2D eigenvalue weighted by atomic mass is 16.2. The molecule has 1 atom stereocenters. The molecule has 6 nitrogen and oxygen atoms in total. The van der Waals surface area contributed by atoms with E-state index >= 15 is 0 Å². The smallest absolute Gasteiger partial charge is 0.241 e. The highest BCUT2D eigenvalue weighted by Crippen LogP contribution is 2.32. The van der Waals surface area contributed by atoms with Gasteiger partial charge in [-0.05, 0) is 29.3 Å². The lowest BCUT2D eigenvalue weighted by atomic mass is 9.93. The van der Waals surface area contributed by atoms with Crippen molar-refractivity contribution in [3.63, 3.8) is 0 Å². The third kappa shape index (κ3) is 2.86. The molecule has 1 unspecified atom stereocenters. The number of para-hydroxylation sites is 2. The molecule has 6 heteroatoms. The molecular formula is C20H18N4O2. The second kappa shape index (κ2) is 6.48. The van der Waals surface area contributed by atoms with Gasteiger partial charge in [-0.1, -0.05) is 36.4 Å². The number of nitrogens with zero attached hydrogens (tertiary/aromatic N) is 3.